The quantitative estimate of drug-likeness (QED) is 0.872. The predicted molar refractivity (Wildman–Crippen MR) is 73.7 cm³/mol. The number of carboxylic acids is 1. The Balaban J connectivity index is 2.06. The molecule has 0 spiro atoms. The molecule has 2 rings (SSSR count). The summed E-state index contributed by atoms with van der Waals surface area (Å²) in [5, 5.41) is 9.14. The maximum atomic E-state index is 12.3. The van der Waals surface area contributed by atoms with E-state index in [9.17, 15) is 13.2 Å². The summed E-state index contributed by atoms with van der Waals surface area (Å²) in [4.78, 5) is 15.0. The smallest absolute Gasteiger partial charge is 0.322 e. The largest absolute Gasteiger partial charge is 0.480 e. The van der Waals surface area contributed by atoms with E-state index in [4.69, 9.17) is 5.11 Å². The molecule has 0 amide bonds. The highest BCUT2D eigenvalue weighted by molar-refractivity contribution is 7.89. The van der Waals surface area contributed by atoms with E-state index in [2.05, 4.69) is 4.98 Å². The van der Waals surface area contributed by atoms with Gasteiger partial charge in [-0.25, -0.2) is 8.42 Å². The van der Waals surface area contributed by atoms with Crippen molar-refractivity contribution in [1.82, 2.24) is 9.29 Å². The van der Waals surface area contributed by atoms with Crippen LogP contribution < -0.4 is 0 Å². The third kappa shape index (κ3) is 3.55. The minimum atomic E-state index is -3.54. The highest BCUT2D eigenvalue weighted by Crippen LogP contribution is 2.21. The standard InChI is InChI=1S/C13H18N2O4S/c16-13(17)12-3-1-2-9-15(12)20(18,19)10-6-11-4-7-14-8-5-11/h4-5,7-8,12H,1-3,6,9-10H2,(H,16,17). The first-order valence-corrected chi connectivity index (χ1v) is 8.23. The molecular formula is C13H18N2O4S. The summed E-state index contributed by atoms with van der Waals surface area (Å²) in [7, 11) is -3.54. The van der Waals surface area contributed by atoms with E-state index in [-0.39, 0.29) is 5.75 Å². The Bertz CT molecular complexity index is 559. The first kappa shape index (κ1) is 14.9. The molecular weight excluding hydrogens is 280 g/mol. The Morgan fingerprint density at radius 3 is 2.70 bits per heavy atom. The van der Waals surface area contributed by atoms with Crippen LogP contribution in [0.4, 0.5) is 0 Å². The molecule has 0 aromatic carbocycles. The van der Waals surface area contributed by atoms with Crippen molar-refractivity contribution in [3.05, 3.63) is 30.1 Å². The third-order valence-corrected chi connectivity index (χ3v) is 5.37. The number of hydrogen-bond acceptors (Lipinski definition) is 4. The molecule has 1 atom stereocenters. The van der Waals surface area contributed by atoms with Crippen LogP contribution in [0.15, 0.2) is 24.5 Å². The zero-order valence-corrected chi connectivity index (χ0v) is 11.9. The summed E-state index contributed by atoms with van der Waals surface area (Å²) in [5.41, 5.74) is 0.882. The predicted octanol–water partition coefficient (Wildman–Crippen LogP) is 0.893. The van der Waals surface area contributed by atoms with E-state index in [0.29, 0.717) is 19.4 Å². The van der Waals surface area contributed by atoms with Gasteiger partial charge in [-0.15, -0.1) is 0 Å². The number of aliphatic carboxylic acids is 1. The number of hydrogen-bond donors (Lipinski definition) is 1. The van der Waals surface area contributed by atoms with Crippen LogP contribution in [0.25, 0.3) is 0 Å². The fourth-order valence-electron chi connectivity index (χ4n) is 2.40. The number of carbonyl (C=O) groups is 1. The van der Waals surface area contributed by atoms with E-state index < -0.39 is 22.0 Å². The van der Waals surface area contributed by atoms with Gasteiger partial charge in [-0.05, 0) is 43.4 Å². The summed E-state index contributed by atoms with van der Waals surface area (Å²) >= 11 is 0. The van der Waals surface area contributed by atoms with Gasteiger partial charge in [-0.2, -0.15) is 4.31 Å². The van der Waals surface area contributed by atoms with Crippen LogP contribution in [0.5, 0.6) is 0 Å². The zero-order valence-electron chi connectivity index (χ0n) is 11.1. The van der Waals surface area contributed by atoms with Crippen LogP contribution in [0, 0.1) is 0 Å². The van der Waals surface area contributed by atoms with Gasteiger partial charge in [0.15, 0.2) is 0 Å². The Morgan fingerprint density at radius 1 is 1.35 bits per heavy atom. The number of carboxylic acid groups (broad SMARTS) is 1. The molecule has 1 aromatic rings. The SMILES string of the molecule is O=C(O)C1CCCCN1S(=O)(=O)CCc1ccncc1. The van der Waals surface area contributed by atoms with E-state index in [1.807, 2.05) is 0 Å². The van der Waals surface area contributed by atoms with Gasteiger partial charge in [-0.1, -0.05) is 0 Å². The molecule has 20 heavy (non-hydrogen) atoms. The lowest BCUT2D eigenvalue weighted by atomic mass is 10.1. The van der Waals surface area contributed by atoms with Crippen molar-refractivity contribution in [3.8, 4) is 0 Å². The van der Waals surface area contributed by atoms with Crippen LogP contribution in [-0.4, -0.2) is 47.1 Å². The molecule has 7 heteroatoms. The van der Waals surface area contributed by atoms with Gasteiger partial charge in [0.2, 0.25) is 10.0 Å². The first-order valence-electron chi connectivity index (χ1n) is 6.62. The maximum absolute atomic E-state index is 12.3. The number of pyridine rings is 1. The molecule has 2 heterocycles. The van der Waals surface area contributed by atoms with Gasteiger partial charge in [-0.3, -0.25) is 9.78 Å². The van der Waals surface area contributed by atoms with Crippen LogP contribution in [-0.2, 0) is 21.2 Å². The lowest BCUT2D eigenvalue weighted by Gasteiger charge is -2.31. The molecule has 0 saturated carbocycles. The first-order chi connectivity index (χ1) is 9.50. The number of aryl methyl sites for hydroxylation is 1. The lowest BCUT2D eigenvalue weighted by molar-refractivity contribution is -0.142. The Kier molecular flexibility index (Phi) is 4.72. The Labute approximate surface area is 118 Å². The van der Waals surface area contributed by atoms with E-state index in [0.717, 1.165) is 22.7 Å². The number of piperidine rings is 1. The molecule has 1 unspecified atom stereocenters. The molecule has 0 aliphatic carbocycles. The van der Waals surface area contributed by atoms with Gasteiger partial charge in [0, 0.05) is 18.9 Å². The van der Waals surface area contributed by atoms with Crippen LogP contribution in [0.1, 0.15) is 24.8 Å². The molecule has 6 nitrogen and oxygen atoms in total. The van der Waals surface area contributed by atoms with Gasteiger partial charge in [0.25, 0.3) is 0 Å². The van der Waals surface area contributed by atoms with Crippen molar-refractivity contribution in [2.45, 2.75) is 31.7 Å². The van der Waals surface area contributed by atoms with Crippen LogP contribution in [0.2, 0.25) is 0 Å². The molecule has 1 N–H and O–H groups in total. The van der Waals surface area contributed by atoms with Gasteiger partial charge in [0.1, 0.15) is 6.04 Å². The molecule has 1 saturated heterocycles. The van der Waals surface area contributed by atoms with Crippen molar-refractivity contribution >= 4 is 16.0 Å². The molecule has 1 aromatic heterocycles. The Hall–Kier alpha value is -1.47. The molecule has 0 radical (unpaired) electrons. The van der Waals surface area contributed by atoms with Gasteiger partial charge in [0.05, 0.1) is 5.75 Å². The van der Waals surface area contributed by atoms with E-state index in [1.165, 1.54) is 0 Å². The number of sulfonamides is 1. The summed E-state index contributed by atoms with van der Waals surface area (Å²) in [6.45, 7) is 0.301. The highest BCUT2D eigenvalue weighted by Gasteiger charge is 2.36. The van der Waals surface area contributed by atoms with E-state index >= 15 is 0 Å². The van der Waals surface area contributed by atoms with Crippen molar-refractivity contribution in [2.75, 3.05) is 12.3 Å². The van der Waals surface area contributed by atoms with Gasteiger partial charge >= 0.3 is 5.97 Å². The second kappa shape index (κ2) is 6.32. The highest BCUT2D eigenvalue weighted by atomic mass is 32.2. The molecule has 0 bridgehead atoms. The second-order valence-corrected chi connectivity index (χ2v) is 6.92. The summed E-state index contributed by atoms with van der Waals surface area (Å²) in [6, 6.07) is 2.62. The lowest BCUT2D eigenvalue weighted by Crippen LogP contribution is -2.48. The fourth-order valence-corrected chi connectivity index (χ4v) is 4.12. The number of rotatable bonds is 5. The van der Waals surface area contributed by atoms with Crippen molar-refractivity contribution in [1.29, 1.82) is 0 Å². The molecule has 1 aliphatic heterocycles. The molecule has 1 fully saturated rings. The summed E-state index contributed by atoms with van der Waals surface area (Å²) in [5.74, 6) is -1.13. The number of nitrogens with zero attached hydrogens (tertiary/aromatic N) is 2. The maximum Gasteiger partial charge on any atom is 0.322 e. The monoisotopic (exact) mass is 298 g/mol. The fraction of sp³-hybridized carbons (Fsp3) is 0.538. The van der Waals surface area contributed by atoms with Crippen LogP contribution in [0.3, 0.4) is 0 Å². The zero-order chi connectivity index (χ0) is 14.6. The Morgan fingerprint density at radius 2 is 2.05 bits per heavy atom. The molecule has 1 aliphatic rings. The summed E-state index contributed by atoms with van der Waals surface area (Å²) in [6.07, 6.45) is 5.47. The van der Waals surface area contributed by atoms with Crippen molar-refractivity contribution < 1.29 is 18.3 Å². The minimum absolute atomic E-state index is 0.0687. The molecule has 110 valence electrons. The minimum Gasteiger partial charge on any atom is -0.480 e. The van der Waals surface area contributed by atoms with Gasteiger partial charge < -0.3 is 5.11 Å². The third-order valence-electron chi connectivity index (χ3n) is 3.49. The second-order valence-electron chi connectivity index (χ2n) is 4.88. The normalized spacial score (nSPS) is 20.7. The topological polar surface area (TPSA) is 87.6 Å². The van der Waals surface area contributed by atoms with Crippen LogP contribution >= 0.6 is 0 Å². The van der Waals surface area contributed by atoms with Crippen molar-refractivity contribution in [2.24, 2.45) is 0 Å². The average Bonchev–Trinajstić information content (AvgIpc) is 2.46. The summed E-state index contributed by atoms with van der Waals surface area (Å²) < 4.78 is 25.8. The van der Waals surface area contributed by atoms with Crippen molar-refractivity contribution in [3.63, 3.8) is 0 Å². The average molecular weight is 298 g/mol. The number of aromatic nitrogens is 1. The van der Waals surface area contributed by atoms with E-state index in [1.54, 1.807) is 24.5 Å².